The van der Waals surface area contributed by atoms with Crippen LogP contribution in [0, 0.1) is 11.8 Å². The third-order valence-corrected chi connectivity index (χ3v) is 6.68. The van der Waals surface area contributed by atoms with Gasteiger partial charge in [0.1, 0.15) is 12.6 Å². The summed E-state index contributed by atoms with van der Waals surface area (Å²) in [4.78, 5) is 38.0. The number of rotatable bonds is 11. The van der Waals surface area contributed by atoms with Gasteiger partial charge < -0.3 is 20.1 Å². The van der Waals surface area contributed by atoms with E-state index in [1.807, 2.05) is 24.3 Å². The SMILES string of the molecule is CCC(C(=O)O)N(C)C(=O)C[C@@H](CNC(=O)OCC1c2ccccc2-c2ccccc21)CC(C)C. The van der Waals surface area contributed by atoms with Gasteiger partial charge in [0.15, 0.2) is 0 Å². The summed E-state index contributed by atoms with van der Waals surface area (Å²) in [6.07, 6.45) is 0.720. The first-order valence-corrected chi connectivity index (χ1v) is 12.3. The summed E-state index contributed by atoms with van der Waals surface area (Å²) in [5, 5.41) is 12.2. The molecule has 0 aromatic heterocycles. The summed E-state index contributed by atoms with van der Waals surface area (Å²) in [7, 11) is 1.52. The Kier molecular flexibility index (Phi) is 8.90. The lowest BCUT2D eigenvalue weighted by atomic mass is 9.93. The van der Waals surface area contributed by atoms with Crippen LogP contribution in [-0.4, -0.2) is 54.2 Å². The van der Waals surface area contributed by atoms with Crippen LogP contribution in [0.2, 0.25) is 0 Å². The van der Waals surface area contributed by atoms with Gasteiger partial charge in [-0.2, -0.15) is 0 Å². The van der Waals surface area contributed by atoms with Crippen molar-refractivity contribution in [3.05, 3.63) is 59.7 Å². The van der Waals surface area contributed by atoms with Crippen LogP contribution in [0.5, 0.6) is 0 Å². The van der Waals surface area contributed by atoms with E-state index in [1.54, 1.807) is 6.92 Å². The first kappa shape index (κ1) is 26.3. The molecule has 7 nitrogen and oxygen atoms in total. The summed E-state index contributed by atoms with van der Waals surface area (Å²) in [5.74, 6) is -1.06. The molecule has 1 aliphatic rings. The molecule has 2 amide bonds. The van der Waals surface area contributed by atoms with Crippen molar-refractivity contribution < 1.29 is 24.2 Å². The minimum Gasteiger partial charge on any atom is -0.480 e. The summed E-state index contributed by atoms with van der Waals surface area (Å²) in [6.45, 7) is 6.37. The molecular weight excluding hydrogens is 444 g/mol. The summed E-state index contributed by atoms with van der Waals surface area (Å²) < 4.78 is 5.61. The highest BCUT2D eigenvalue weighted by Gasteiger charge is 2.30. The predicted octanol–water partition coefficient (Wildman–Crippen LogP) is 4.90. The van der Waals surface area contributed by atoms with E-state index in [0.717, 1.165) is 17.5 Å². The van der Waals surface area contributed by atoms with Gasteiger partial charge in [-0.05, 0) is 46.9 Å². The van der Waals surface area contributed by atoms with Crippen LogP contribution >= 0.6 is 0 Å². The number of nitrogens with one attached hydrogen (secondary N) is 1. The van der Waals surface area contributed by atoms with Gasteiger partial charge in [-0.3, -0.25) is 4.79 Å². The molecule has 1 unspecified atom stereocenters. The van der Waals surface area contributed by atoms with Gasteiger partial charge in [-0.1, -0.05) is 69.3 Å². The van der Waals surface area contributed by atoms with Crippen LogP contribution in [0.25, 0.3) is 11.1 Å². The lowest BCUT2D eigenvalue weighted by molar-refractivity contribution is -0.149. The fourth-order valence-corrected chi connectivity index (χ4v) is 4.96. The highest BCUT2D eigenvalue weighted by atomic mass is 16.5. The lowest BCUT2D eigenvalue weighted by Crippen LogP contribution is -2.43. The lowest BCUT2D eigenvalue weighted by Gasteiger charge is -2.27. The van der Waals surface area contributed by atoms with Crippen molar-refractivity contribution in [2.45, 2.75) is 52.0 Å². The number of likely N-dealkylation sites (N-methyl/N-ethyl adjacent to an activating group) is 1. The summed E-state index contributed by atoms with van der Waals surface area (Å²) in [5.41, 5.74) is 4.64. The monoisotopic (exact) mass is 480 g/mol. The van der Waals surface area contributed by atoms with Crippen LogP contribution in [0.15, 0.2) is 48.5 Å². The zero-order chi connectivity index (χ0) is 25.5. The molecule has 1 aliphatic carbocycles. The molecule has 0 bridgehead atoms. The Morgan fingerprint density at radius 3 is 2.11 bits per heavy atom. The van der Waals surface area contributed by atoms with Crippen LogP contribution in [-0.2, 0) is 14.3 Å². The van der Waals surface area contributed by atoms with Crippen molar-refractivity contribution in [1.29, 1.82) is 0 Å². The van der Waals surface area contributed by atoms with Gasteiger partial charge in [-0.25, -0.2) is 9.59 Å². The number of ether oxygens (including phenoxy) is 1. The molecule has 3 rings (SSSR count). The second kappa shape index (κ2) is 11.9. The average Bonchev–Trinajstić information content (AvgIpc) is 3.14. The number of alkyl carbamates (subject to hydrolysis) is 1. The number of fused-ring (bicyclic) bond motifs is 3. The van der Waals surface area contributed by atoms with E-state index in [4.69, 9.17) is 4.74 Å². The van der Waals surface area contributed by atoms with Gasteiger partial charge in [0.25, 0.3) is 0 Å². The maximum atomic E-state index is 12.7. The quantitative estimate of drug-likeness (QED) is 0.477. The molecule has 0 spiro atoms. The van der Waals surface area contributed by atoms with Gasteiger partial charge in [0.05, 0.1) is 0 Å². The maximum Gasteiger partial charge on any atom is 0.407 e. The molecule has 2 aromatic carbocycles. The largest absolute Gasteiger partial charge is 0.480 e. The van der Waals surface area contributed by atoms with Crippen LogP contribution < -0.4 is 5.32 Å². The first-order chi connectivity index (χ1) is 16.7. The van der Waals surface area contributed by atoms with E-state index >= 15 is 0 Å². The number of carboxylic acid groups (broad SMARTS) is 1. The zero-order valence-corrected chi connectivity index (χ0v) is 21.0. The van der Waals surface area contributed by atoms with Crippen LogP contribution in [0.4, 0.5) is 4.79 Å². The van der Waals surface area contributed by atoms with Crippen molar-refractivity contribution in [3.63, 3.8) is 0 Å². The minimum atomic E-state index is -1.01. The normalized spacial score (nSPS) is 14.1. The Balaban J connectivity index is 1.58. The highest BCUT2D eigenvalue weighted by Crippen LogP contribution is 2.44. The third kappa shape index (κ3) is 6.41. The topological polar surface area (TPSA) is 95.9 Å². The van der Waals surface area contributed by atoms with Crippen molar-refractivity contribution >= 4 is 18.0 Å². The van der Waals surface area contributed by atoms with Crippen LogP contribution in [0.3, 0.4) is 0 Å². The number of benzene rings is 2. The Hall–Kier alpha value is -3.35. The molecule has 2 atom stereocenters. The Morgan fingerprint density at radius 2 is 1.60 bits per heavy atom. The van der Waals surface area contributed by atoms with Gasteiger partial charge in [0.2, 0.25) is 5.91 Å². The second-order valence-corrected chi connectivity index (χ2v) is 9.67. The molecule has 2 N–H and O–H groups in total. The van der Waals surface area contributed by atoms with Crippen molar-refractivity contribution in [3.8, 4) is 11.1 Å². The van der Waals surface area contributed by atoms with Crippen molar-refractivity contribution in [1.82, 2.24) is 10.2 Å². The number of nitrogens with zero attached hydrogens (tertiary/aromatic N) is 1. The fraction of sp³-hybridized carbons (Fsp3) is 0.464. The van der Waals surface area contributed by atoms with E-state index in [1.165, 1.54) is 23.1 Å². The third-order valence-electron chi connectivity index (χ3n) is 6.68. The molecule has 7 heteroatoms. The van der Waals surface area contributed by atoms with Crippen molar-refractivity contribution in [2.24, 2.45) is 11.8 Å². The number of amides is 2. The number of carbonyl (C=O) groups is 3. The fourth-order valence-electron chi connectivity index (χ4n) is 4.96. The zero-order valence-electron chi connectivity index (χ0n) is 21.0. The average molecular weight is 481 g/mol. The number of carboxylic acids is 1. The second-order valence-electron chi connectivity index (χ2n) is 9.67. The highest BCUT2D eigenvalue weighted by molar-refractivity contribution is 5.83. The molecule has 188 valence electrons. The van der Waals surface area contributed by atoms with E-state index in [9.17, 15) is 19.5 Å². The van der Waals surface area contributed by atoms with E-state index in [-0.39, 0.29) is 37.3 Å². The molecular formula is C28H36N2O5. The number of aliphatic carboxylic acids is 1. The molecule has 35 heavy (non-hydrogen) atoms. The minimum absolute atomic E-state index is 0.0168. The predicted molar refractivity (Wildman–Crippen MR) is 135 cm³/mol. The first-order valence-electron chi connectivity index (χ1n) is 12.3. The summed E-state index contributed by atoms with van der Waals surface area (Å²) >= 11 is 0. The summed E-state index contributed by atoms with van der Waals surface area (Å²) in [6, 6.07) is 15.5. The van der Waals surface area contributed by atoms with E-state index in [2.05, 4.69) is 43.4 Å². The van der Waals surface area contributed by atoms with E-state index in [0.29, 0.717) is 12.3 Å². The van der Waals surface area contributed by atoms with Crippen LogP contribution in [0.1, 0.15) is 57.1 Å². The molecule has 2 aromatic rings. The standard InChI is InChI=1S/C28H36N2O5/c1-5-25(27(32)33)30(4)26(31)15-19(14-18(2)3)16-29-28(34)35-17-24-22-12-8-6-10-20(22)21-11-7-9-13-23(21)24/h6-13,18-19,24-25H,5,14-17H2,1-4H3,(H,29,34)(H,32,33)/t19-,25?/m0/s1. The molecule has 0 fully saturated rings. The Bertz CT molecular complexity index is 1010. The Labute approximate surface area is 207 Å². The molecule has 0 saturated carbocycles. The number of carbonyl (C=O) groups excluding carboxylic acids is 2. The Morgan fingerprint density at radius 1 is 1.03 bits per heavy atom. The molecule has 0 saturated heterocycles. The van der Waals surface area contributed by atoms with Gasteiger partial charge >= 0.3 is 12.1 Å². The molecule has 0 radical (unpaired) electrons. The maximum absolute atomic E-state index is 12.7. The number of hydrogen-bond acceptors (Lipinski definition) is 4. The molecule has 0 heterocycles. The van der Waals surface area contributed by atoms with Gasteiger partial charge in [0, 0.05) is 25.9 Å². The van der Waals surface area contributed by atoms with Gasteiger partial charge in [-0.15, -0.1) is 0 Å². The van der Waals surface area contributed by atoms with Crippen molar-refractivity contribution in [2.75, 3.05) is 20.2 Å². The smallest absolute Gasteiger partial charge is 0.407 e. The number of hydrogen-bond donors (Lipinski definition) is 2. The van der Waals surface area contributed by atoms with E-state index < -0.39 is 18.1 Å². The molecule has 0 aliphatic heterocycles.